The molecule has 0 bridgehead atoms. The van der Waals surface area contributed by atoms with Gasteiger partial charge in [0, 0.05) is 5.57 Å². The lowest BCUT2D eigenvalue weighted by Gasteiger charge is -2.09. The molecule has 3 nitrogen and oxygen atoms in total. The number of esters is 1. The van der Waals surface area contributed by atoms with E-state index < -0.39 is 35.0 Å². The second-order valence-corrected chi connectivity index (χ2v) is 7.84. The van der Waals surface area contributed by atoms with Crippen molar-refractivity contribution in [2.75, 3.05) is 0 Å². The van der Waals surface area contributed by atoms with Gasteiger partial charge in [-0.3, -0.25) is 4.79 Å². The Morgan fingerprint density at radius 2 is 1.72 bits per heavy atom. The maximum absolute atomic E-state index is 12.8. The minimum Gasteiger partial charge on any atom is -0.461 e. The van der Waals surface area contributed by atoms with Gasteiger partial charge < -0.3 is 9.47 Å². The van der Waals surface area contributed by atoms with Crippen molar-refractivity contribution in [1.82, 2.24) is 0 Å². The van der Waals surface area contributed by atoms with Crippen LogP contribution in [0.25, 0.3) is 0 Å². The number of para-hydroxylation sites is 1. The predicted molar refractivity (Wildman–Crippen MR) is 103 cm³/mol. The monoisotopic (exact) mass is 404 g/mol. The van der Waals surface area contributed by atoms with Crippen molar-refractivity contribution in [3.63, 3.8) is 0 Å². The van der Waals surface area contributed by atoms with Crippen molar-refractivity contribution in [2.24, 2.45) is 17.3 Å². The Kier molecular flexibility index (Phi) is 5.73. The van der Waals surface area contributed by atoms with E-state index in [0.717, 1.165) is 18.6 Å². The van der Waals surface area contributed by atoms with E-state index >= 15 is 0 Å². The van der Waals surface area contributed by atoms with Crippen molar-refractivity contribution in [3.05, 3.63) is 71.8 Å². The molecule has 2 atom stereocenters. The first-order valence-corrected chi connectivity index (χ1v) is 9.33. The third kappa shape index (κ3) is 5.00. The molecule has 2 aromatic rings. The lowest BCUT2D eigenvalue weighted by atomic mass is 10.1. The number of rotatable bonds is 6. The zero-order chi connectivity index (χ0) is 21.2. The summed E-state index contributed by atoms with van der Waals surface area (Å²) in [5.74, 6) is -0.248. The average Bonchev–Trinajstić information content (AvgIpc) is 3.20. The largest absolute Gasteiger partial charge is 0.461 e. The smallest absolute Gasteiger partial charge is 0.412 e. The molecule has 0 aliphatic heterocycles. The van der Waals surface area contributed by atoms with Gasteiger partial charge in [-0.15, -0.1) is 0 Å². The van der Waals surface area contributed by atoms with Crippen LogP contribution in [0.4, 0.5) is 13.2 Å². The van der Waals surface area contributed by atoms with Crippen molar-refractivity contribution >= 4 is 5.97 Å². The van der Waals surface area contributed by atoms with Gasteiger partial charge in [0.1, 0.15) is 18.1 Å². The van der Waals surface area contributed by atoms with Crippen molar-refractivity contribution in [3.8, 4) is 11.5 Å². The molecule has 3 rings (SSSR count). The van der Waals surface area contributed by atoms with Crippen LogP contribution >= 0.6 is 0 Å². The second kappa shape index (κ2) is 7.93. The number of carbonyl (C=O) groups excluding carboxylic acids is 1. The van der Waals surface area contributed by atoms with Gasteiger partial charge >= 0.3 is 12.1 Å². The van der Waals surface area contributed by atoms with E-state index in [2.05, 4.69) is 0 Å². The zero-order valence-corrected chi connectivity index (χ0v) is 16.5. The maximum atomic E-state index is 12.8. The van der Waals surface area contributed by atoms with E-state index in [9.17, 15) is 18.0 Å². The van der Waals surface area contributed by atoms with Gasteiger partial charge in [-0.2, -0.15) is 13.2 Å². The number of hydrogen-bond acceptors (Lipinski definition) is 3. The fourth-order valence-corrected chi connectivity index (χ4v) is 3.37. The van der Waals surface area contributed by atoms with E-state index in [4.69, 9.17) is 9.47 Å². The number of carbonyl (C=O) groups is 1. The number of ether oxygens (including phenoxy) is 2. The molecule has 0 aromatic heterocycles. The topological polar surface area (TPSA) is 35.5 Å². The minimum atomic E-state index is -4.38. The summed E-state index contributed by atoms with van der Waals surface area (Å²) in [4.78, 5) is 12.4. The Bertz CT molecular complexity index is 901. The molecular formula is C23H23F3O3. The van der Waals surface area contributed by atoms with E-state index in [1.54, 1.807) is 38.1 Å². The SMILES string of the molecule is CC(=CC1C(C(=O)OCc2cccc(Oc3ccccc3)c2)C1(C)C)C(F)(F)F. The Morgan fingerprint density at radius 3 is 2.38 bits per heavy atom. The van der Waals surface area contributed by atoms with Crippen LogP contribution < -0.4 is 4.74 Å². The highest BCUT2D eigenvalue weighted by molar-refractivity contribution is 5.78. The minimum absolute atomic E-state index is 0.0338. The molecule has 0 amide bonds. The standard InChI is InChI=1S/C23H23F3O3/c1-15(23(24,25)26)12-19-20(22(19,2)3)21(27)28-14-16-8-7-11-18(13-16)29-17-9-5-4-6-10-17/h4-13,19-20H,14H2,1-3H3. The molecular weight excluding hydrogens is 381 g/mol. The zero-order valence-electron chi connectivity index (χ0n) is 16.5. The van der Waals surface area contributed by atoms with Gasteiger partial charge in [0.2, 0.25) is 0 Å². The maximum Gasteiger partial charge on any atom is 0.412 e. The van der Waals surface area contributed by atoms with E-state index in [-0.39, 0.29) is 6.61 Å². The third-order valence-electron chi connectivity index (χ3n) is 5.30. The van der Waals surface area contributed by atoms with Gasteiger partial charge in [-0.1, -0.05) is 50.3 Å². The third-order valence-corrected chi connectivity index (χ3v) is 5.30. The summed E-state index contributed by atoms with van der Waals surface area (Å²) >= 11 is 0. The van der Waals surface area contributed by atoms with E-state index in [1.807, 2.05) is 30.3 Å². The Morgan fingerprint density at radius 1 is 1.07 bits per heavy atom. The van der Waals surface area contributed by atoms with Crippen molar-refractivity contribution < 1.29 is 27.4 Å². The highest BCUT2D eigenvalue weighted by atomic mass is 19.4. The number of halogens is 3. The first-order valence-electron chi connectivity index (χ1n) is 9.33. The summed E-state index contributed by atoms with van der Waals surface area (Å²) in [5, 5.41) is 0. The van der Waals surface area contributed by atoms with Crippen LogP contribution in [0.1, 0.15) is 26.3 Å². The normalized spacial score (nSPS) is 20.8. The molecule has 29 heavy (non-hydrogen) atoms. The fourth-order valence-electron chi connectivity index (χ4n) is 3.37. The molecule has 6 heteroatoms. The van der Waals surface area contributed by atoms with Crippen LogP contribution in [0.15, 0.2) is 66.2 Å². The van der Waals surface area contributed by atoms with Gasteiger partial charge in [0.05, 0.1) is 5.92 Å². The summed E-state index contributed by atoms with van der Waals surface area (Å²) in [5.41, 5.74) is -0.498. The summed E-state index contributed by atoms with van der Waals surface area (Å²) < 4.78 is 49.5. The Balaban J connectivity index is 1.60. The van der Waals surface area contributed by atoms with Gasteiger partial charge in [-0.05, 0) is 48.1 Å². The molecule has 1 aliphatic carbocycles. The lowest BCUT2D eigenvalue weighted by molar-refractivity contribution is -0.147. The van der Waals surface area contributed by atoms with Crippen LogP contribution in [-0.2, 0) is 16.1 Å². The predicted octanol–water partition coefficient (Wildman–Crippen LogP) is 6.30. The number of benzene rings is 2. The highest BCUT2D eigenvalue weighted by Gasteiger charge is 2.62. The molecule has 154 valence electrons. The second-order valence-electron chi connectivity index (χ2n) is 7.84. The number of allylic oxidation sites excluding steroid dienone is 2. The first kappa shape index (κ1) is 21.0. The quantitative estimate of drug-likeness (QED) is 0.418. The van der Waals surface area contributed by atoms with E-state index in [1.165, 1.54) is 0 Å². The molecule has 1 fully saturated rings. The van der Waals surface area contributed by atoms with Crippen LogP contribution in [-0.4, -0.2) is 12.1 Å². The van der Waals surface area contributed by atoms with Gasteiger partial charge in [-0.25, -0.2) is 0 Å². The number of hydrogen-bond donors (Lipinski definition) is 0. The fraction of sp³-hybridized carbons (Fsp3) is 0.348. The first-order chi connectivity index (χ1) is 13.6. The summed E-state index contributed by atoms with van der Waals surface area (Å²) in [6, 6.07) is 16.4. The Labute approximate surface area is 168 Å². The summed E-state index contributed by atoms with van der Waals surface area (Å²) in [7, 11) is 0. The van der Waals surface area contributed by atoms with Gasteiger partial charge in [0.25, 0.3) is 0 Å². The molecule has 2 unspecified atom stereocenters. The number of alkyl halides is 3. The average molecular weight is 404 g/mol. The van der Waals surface area contributed by atoms with Crippen molar-refractivity contribution in [1.29, 1.82) is 0 Å². The summed E-state index contributed by atoms with van der Waals surface area (Å²) in [6.45, 7) is 4.61. The molecule has 0 heterocycles. The molecule has 1 aliphatic rings. The van der Waals surface area contributed by atoms with Crippen LogP contribution in [0, 0.1) is 17.3 Å². The van der Waals surface area contributed by atoms with Crippen LogP contribution in [0.5, 0.6) is 11.5 Å². The molecule has 0 spiro atoms. The summed E-state index contributed by atoms with van der Waals surface area (Å²) in [6.07, 6.45) is -3.24. The molecule has 1 saturated carbocycles. The van der Waals surface area contributed by atoms with Gasteiger partial charge in [0.15, 0.2) is 0 Å². The van der Waals surface area contributed by atoms with Crippen molar-refractivity contribution in [2.45, 2.75) is 33.6 Å². The van der Waals surface area contributed by atoms with Crippen LogP contribution in [0.2, 0.25) is 0 Å². The highest BCUT2D eigenvalue weighted by Crippen LogP contribution is 2.60. The van der Waals surface area contributed by atoms with Crippen LogP contribution in [0.3, 0.4) is 0 Å². The Hall–Kier alpha value is -2.76. The lowest BCUT2D eigenvalue weighted by Crippen LogP contribution is -2.11. The molecule has 2 aromatic carbocycles. The van der Waals surface area contributed by atoms with E-state index in [0.29, 0.717) is 11.5 Å². The molecule has 0 saturated heterocycles. The molecule has 0 radical (unpaired) electrons. The molecule has 0 N–H and O–H groups in total.